The van der Waals surface area contributed by atoms with Crippen LogP contribution in [0.1, 0.15) is 5.56 Å². The van der Waals surface area contributed by atoms with Crippen LogP contribution in [0.4, 0.5) is 0 Å². The molecule has 60 valence electrons. The standard InChI is InChI=1S/C10H8OSe/c11-7-9-12-8-6-10-4-2-1-3-5-10/h1-5,7H,9H2. The molecule has 0 aliphatic heterocycles. The van der Waals surface area contributed by atoms with E-state index < -0.39 is 0 Å². The number of carbonyl (C=O) groups is 1. The summed E-state index contributed by atoms with van der Waals surface area (Å²) in [7, 11) is 0. The molecule has 1 rings (SSSR count). The second kappa shape index (κ2) is 5.60. The Morgan fingerprint density at radius 1 is 1.33 bits per heavy atom. The normalized spacial score (nSPS) is 8.33. The van der Waals surface area contributed by atoms with Gasteiger partial charge in [0.1, 0.15) is 0 Å². The Morgan fingerprint density at radius 3 is 2.75 bits per heavy atom. The van der Waals surface area contributed by atoms with Gasteiger partial charge in [-0.05, 0) is 0 Å². The van der Waals surface area contributed by atoms with Crippen molar-refractivity contribution in [2.45, 2.75) is 5.32 Å². The Kier molecular flexibility index (Phi) is 4.23. The second-order valence-corrected chi connectivity index (χ2v) is 3.80. The van der Waals surface area contributed by atoms with Gasteiger partial charge in [0.2, 0.25) is 0 Å². The van der Waals surface area contributed by atoms with Crippen molar-refractivity contribution in [1.82, 2.24) is 0 Å². The van der Waals surface area contributed by atoms with Gasteiger partial charge in [0.05, 0.1) is 0 Å². The van der Waals surface area contributed by atoms with Crippen LogP contribution in [0.2, 0.25) is 5.32 Å². The summed E-state index contributed by atoms with van der Waals surface area (Å²) in [6.45, 7) is 0. The number of aldehydes is 1. The first kappa shape index (κ1) is 9.06. The average Bonchev–Trinajstić information content (AvgIpc) is 2.14. The van der Waals surface area contributed by atoms with E-state index in [4.69, 9.17) is 0 Å². The van der Waals surface area contributed by atoms with Crippen LogP contribution in [0.15, 0.2) is 30.3 Å². The molecule has 0 atom stereocenters. The molecule has 0 heterocycles. The minimum absolute atomic E-state index is 0.150. The third kappa shape index (κ3) is 3.39. The van der Waals surface area contributed by atoms with Gasteiger partial charge in [-0.15, -0.1) is 0 Å². The fraction of sp³-hybridized carbons (Fsp3) is 0.100. The SMILES string of the molecule is O=CC[Se]C#Cc1ccccc1. The van der Waals surface area contributed by atoms with Crippen molar-refractivity contribution in [2.75, 3.05) is 0 Å². The van der Waals surface area contributed by atoms with E-state index in [-0.39, 0.29) is 15.0 Å². The van der Waals surface area contributed by atoms with E-state index in [0.717, 1.165) is 11.8 Å². The molecule has 2 heteroatoms. The summed E-state index contributed by atoms with van der Waals surface area (Å²) in [4.78, 5) is 12.9. The third-order valence-electron chi connectivity index (χ3n) is 1.19. The second-order valence-electron chi connectivity index (χ2n) is 2.07. The maximum absolute atomic E-state index is 9.96. The molecule has 0 amide bonds. The van der Waals surface area contributed by atoms with Crippen LogP contribution >= 0.6 is 0 Å². The number of hydrogen-bond acceptors (Lipinski definition) is 1. The van der Waals surface area contributed by atoms with E-state index in [1.54, 1.807) is 0 Å². The van der Waals surface area contributed by atoms with Gasteiger partial charge in [-0.1, -0.05) is 0 Å². The third-order valence-corrected chi connectivity index (χ3v) is 2.34. The molecule has 0 saturated carbocycles. The molecule has 0 aliphatic rings. The van der Waals surface area contributed by atoms with Crippen LogP contribution in [0.25, 0.3) is 0 Å². The molecule has 0 N–H and O–H groups in total. The van der Waals surface area contributed by atoms with Crippen LogP contribution in [0, 0.1) is 10.7 Å². The summed E-state index contributed by atoms with van der Waals surface area (Å²) in [5.41, 5.74) is 1.02. The van der Waals surface area contributed by atoms with Crippen molar-refractivity contribution in [3.8, 4) is 10.7 Å². The maximum atomic E-state index is 9.96. The molecule has 0 spiro atoms. The van der Waals surface area contributed by atoms with Gasteiger partial charge in [-0.2, -0.15) is 0 Å². The van der Waals surface area contributed by atoms with Crippen LogP contribution < -0.4 is 0 Å². The van der Waals surface area contributed by atoms with Gasteiger partial charge in [0, 0.05) is 0 Å². The van der Waals surface area contributed by atoms with Gasteiger partial charge in [-0.25, -0.2) is 0 Å². The summed E-state index contributed by atoms with van der Waals surface area (Å²) in [5.74, 6) is 3.00. The Labute approximate surface area is 78.3 Å². The summed E-state index contributed by atoms with van der Waals surface area (Å²) in [5, 5.41) is 0.590. The van der Waals surface area contributed by atoms with E-state index in [0.29, 0.717) is 5.32 Å². The van der Waals surface area contributed by atoms with E-state index in [2.05, 4.69) is 10.7 Å². The van der Waals surface area contributed by atoms with Gasteiger partial charge in [0.25, 0.3) is 0 Å². The Hall–Kier alpha value is -1.03. The van der Waals surface area contributed by atoms with Crippen LogP contribution in [-0.4, -0.2) is 21.2 Å². The molecule has 1 nitrogen and oxygen atoms in total. The molecular weight excluding hydrogens is 215 g/mol. The first-order valence-electron chi connectivity index (χ1n) is 3.55. The zero-order valence-corrected chi connectivity index (χ0v) is 8.20. The molecule has 0 unspecified atom stereocenters. The van der Waals surface area contributed by atoms with Crippen molar-refractivity contribution < 1.29 is 4.79 Å². The topological polar surface area (TPSA) is 17.1 Å². The van der Waals surface area contributed by atoms with Crippen molar-refractivity contribution in [1.29, 1.82) is 0 Å². The molecule has 12 heavy (non-hydrogen) atoms. The van der Waals surface area contributed by atoms with Crippen LogP contribution in [0.3, 0.4) is 0 Å². The first-order valence-corrected chi connectivity index (χ1v) is 5.62. The first-order chi connectivity index (χ1) is 5.93. The van der Waals surface area contributed by atoms with Crippen molar-refractivity contribution in [2.24, 2.45) is 0 Å². The van der Waals surface area contributed by atoms with Gasteiger partial charge in [-0.3, -0.25) is 0 Å². The van der Waals surface area contributed by atoms with E-state index in [1.165, 1.54) is 0 Å². The van der Waals surface area contributed by atoms with E-state index >= 15 is 0 Å². The molecular formula is C10H8OSe. The van der Waals surface area contributed by atoms with Gasteiger partial charge < -0.3 is 0 Å². The van der Waals surface area contributed by atoms with E-state index in [1.807, 2.05) is 30.3 Å². The summed E-state index contributed by atoms with van der Waals surface area (Å²) in [6, 6.07) is 9.79. The van der Waals surface area contributed by atoms with Crippen molar-refractivity contribution >= 4 is 21.2 Å². The predicted molar refractivity (Wildman–Crippen MR) is 49.9 cm³/mol. The molecule has 0 radical (unpaired) electrons. The molecule has 1 aromatic rings. The molecule has 0 aliphatic carbocycles. The number of carbonyl (C=O) groups excluding carboxylic acids is 1. The molecule has 0 fully saturated rings. The average molecular weight is 223 g/mol. The fourth-order valence-electron chi connectivity index (χ4n) is 0.692. The summed E-state index contributed by atoms with van der Waals surface area (Å²) >= 11 is 0.150. The summed E-state index contributed by atoms with van der Waals surface area (Å²) < 4.78 is 0. The fourth-order valence-corrected chi connectivity index (χ4v) is 1.41. The van der Waals surface area contributed by atoms with Crippen LogP contribution in [0.5, 0.6) is 0 Å². The number of hydrogen-bond donors (Lipinski definition) is 0. The molecule has 1 aromatic carbocycles. The zero-order valence-electron chi connectivity index (χ0n) is 6.49. The van der Waals surface area contributed by atoms with Gasteiger partial charge >= 0.3 is 78.0 Å². The molecule has 0 bridgehead atoms. The molecule has 0 saturated heterocycles. The Morgan fingerprint density at radius 2 is 2.08 bits per heavy atom. The number of rotatable bonds is 2. The van der Waals surface area contributed by atoms with Gasteiger partial charge in [0.15, 0.2) is 0 Å². The quantitative estimate of drug-likeness (QED) is 0.320. The van der Waals surface area contributed by atoms with Crippen LogP contribution in [-0.2, 0) is 4.79 Å². The van der Waals surface area contributed by atoms with Crippen molar-refractivity contribution in [3.63, 3.8) is 0 Å². The van der Waals surface area contributed by atoms with E-state index in [9.17, 15) is 4.79 Å². The predicted octanol–water partition coefficient (Wildman–Crippen LogP) is 1.32. The Balaban J connectivity index is 2.49. The number of benzene rings is 1. The molecule has 0 aromatic heterocycles. The zero-order chi connectivity index (χ0) is 8.65. The summed E-state index contributed by atoms with van der Waals surface area (Å²) in [6.07, 6.45) is 0.916. The van der Waals surface area contributed by atoms with Crippen molar-refractivity contribution in [3.05, 3.63) is 35.9 Å². The minimum atomic E-state index is 0.150. The Bertz CT molecular complexity index is 295. The monoisotopic (exact) mass is 224 g/mol.